The number of carbonyl (C=O) groups is 1. The van der Waals surface area contributed by atoms with E-state index in [1.807, 2.05) is 0 Å². The smallest absolute Gasteiger partial charge is 0.341 e. The van der Waals surface area contributed by atoms with Gasteiger partial charge in [-0.2, -0.15) is 13.2 Å². The van der Waals surface area contributed by atoms with Crippen LogP contribution in [0.3, 0.4) is 0 Å². The fourth-order valence-corrected chi connectivity index (χ4v) is 3.99. The number of nitrogens with zero attached hydrogens (tertiary/aromatic N) is 3. The molecule has 3 heterocycles. The number of carbonyl (C=O) groups excluding carboxylic acids is 1. The number of aromatic nitrogens is 3. The van der Waals surface area contributed by atoms with E-state index in [-0.39, 0.29) is 37.4 Å². The van der Waals surface area contributed by atoms with Crippen LogP contribution in [0.4, 0.5) is 13.2 Å². The lowest BCUT2D eigenvalue weighted by Gasteiger charge is -2.23. The van der Waals surface area contributed by atoms with Gasteiger partial charge in [0.2, 0.25) is 5.91 Å². The van der Waals surface area contributed by atoms with E-state index in [4.69, 9.17) is 0 Å². The molecule has 2 aromatic heterocycles. The van der Waals surface area contributed by atoms with Crippen molar-refractivity contribution in [2.75, 3.05) is 13.1 Å². The van der Waals surface area contributed by atoms with Crippen molar-refractivity contribution in [3.05, 3.63) is 33.4 Å². The third-order valence-corrected chi connectivity index (χ3v) is 5.59. The molecule has 134 valence electrons. The number of rotatable bonds is 2. The molecule has 0 radical (unpaired) electrons. The van der Waals surface area contributed by atoms with Gasteiger partial charge in [-0.1, -0.05) is 0 Å². The molecule has 1 amide bonds. The summed E-state index contributed by atoms with van der Waals surface area (Å²) >= 11 is 0. The molecular weight excluding hydrogens is 337 g/mol. The normalized spacial score (nSPS) is 25.5. The summed E-state index contributed by atoms with van der Waals surface area (Å²) in [5.41, 5.74) is 0.346. The van der Waals surface area contributed by atoms with Crippen molar-refractivity contribution in [1.29, 1.82) is 0 Å². The molecule has 0 aromatic carbocycles. The maximum absolute atomic E-state index is 13.2. The van der Waals surface area contributed by atoms with Gasteiger partial charge in [0.15, 0.2) is 5.65 Å². The summed E-state index contributed by atoms with van der Waals surface area (Å²) in [6.07, 6.45) is -4.17. The molecule has 2 unspecified atom stereocenters. The molecule has 4 rings (SSSR count). The summed E-state index contributed by atoms with van der Waals surface area (Å²) in [7, 11) is 0. The van der Waals surface area contributed by atoms with Crippen LogP contribution in [0, 0.1) is 25.2 Å². The van der Waals surface area contributed by atoms with Gasteiger partial charge in [-0.05, 0) is 26.2 Å². The van der Waals surface area contributed by atoms with Crippen molar-refractivity contribution < 1.29 is 18.0 Å². The van der Waals surface area contributed by atoms with E-state index in [1.54, 1.807) is 13.8 Å². The monoisotopic (exact) mass is 354 g/mol. The Morgan fingerprint density at radius 2 is 2.16 bits per heavy atom. The number of hydrogen-bond donors (Lipinski definition) is 1. The van der Waals surface area contributed by atoms with Crippen LogP contribution in [0.25, 0.3) is 5.65 Å². The predicted molar refractivity (Wildman–Crippen MR) is 82.2 cm³/mol. The van der Waals surface area contributed by atoms with Gasteiger partial charge in [-0.15, -0.1) is 0 Å². The van der Waals surface area contributed by atoms with E-state index in [9.17, 15) is 22.8 Å². The Labute approximate surface area is 140 Å². The Balaban J connectivity index is 1.58. The number of halogens is 3. The first kappa shape index (κ1) is 16.2. The van der Waals surface area contributed by atoms with E-state index in [2.05, 4.69) is 10.1 Å². The van der Waals surface area contributed by atoms with Gasteiger partial charge in [-0.25, -0.2) is 9.50 Å². The standard InChI is InChI=1S/C16H17F3N4O2/c1-8-11(9(2)23-12(20-8)4-13(24)21-23)3-14(25)22-6-10-5-15(10,7-22)16(17,18)19/h4,10H,3,5-7H2,1-2H3,(H,21,24). The van der Waals surface area contributed by atoms with E-state index in [0.717, 1.165) is 0 Å². The maximum Gasteiger partial charge on any atom is 0.396 e. The molecule has 1 aliphatic heterocycles. The fourth-order valence-electron chi connectivity index (χ4n) is 3.99. The minimum Gasteiger partial charge on any atom is -0.341 e. The van der Waals surface area contributed by atoms with Crippen molar-refractivity contribution in [3.63, 3.8) is 0 Å². The Kier molecular flexibility index (Phi) is 3.14. The number of fused-ring (bicyclic) bond motifs is 2. The first-order valence-corrected chi connectivity index (χ1v) is 8.05. The maximum atomic E-state index is 13.2. The zero-order chi connectivity index (χ0) is 18.1. The zero-order valence-electron chi connectivity index (χ0n) is 13.8. The fraction of sp³-hybridized carbons (Fsp3) is 0.562. The van der Waals surface area contributed by atoms with Crippen LogP contribution in [0.2, 0.25) is 0 Å². The van der Waals surface area contributed by atoms with Crippen molar-refractivity contribution in [3.8, 4) is 0 Å². The third-order valence-electron chi connectivity index (χ3n) is 5.59. The van der Waals surface area contributed by atoms with Gasteiger partial charge in [0.05, 0.1) is 11.8 Å². The van der Waals surface area contributed by atoms with Gasteiger partial charge in [0.25, 0.3) is 5.56 Å². The number of alkyl halides is 3. The lowest BCUT2D eigenvalue weighted by atomic mass is 10.1. The lowest BCUT2D eigenvalue weighted by molar-refractivity contribution is -0.188. The number of nitrogens with one attached hydrogen (secondary N) is 1. The molecule has 25 heavy (non-hydrogen) atoms. The van der Waals surface area contributed by atoms with Gasteiger partial charge in [-0.3, -0.25) is 14.7 Å². The van der Waals surface area contributed by atoms with Gasteiger partial charge < -0.3 is 4.90 Å². The molecule has 1 aliphatic carbocycles. The van der Waals surface area contributed by atoms with E-state index < -0.39 is 17.5 Å². The average Bonchev–Trinajstić information content (AvgIpc) is 2.89. The minimum absolute atomic E-state index is 0.0263. The van der Waals surface area contributed by atoms with Crippen LogP contribution in [0.5, 0.6) is 0 Å². The van der Waals surface area contributed by atoms with E-state index in [1.165, 1.54) is 15.5 Å². The summed E-state index contributed by atoms with van der Waals surface area (Å²) in [5.74, 6) is -0.808. The van der Waals surface area contributed by atoms with Crippen molar-refractivity contribution >= 4 is 11.6 Å². The molecule has 0 bridgehead atoms. The Morgan fingerprint density at radius 1 is 1.44 bits per heavy atom. The van der Waals surface area contributed by atoms with Crippen LogP contribution < -0.4 is 5.56 Å². The summed E-state index contributed by atoms with van der Waals surface area (Å²) in [6, 6.07) is 1.35. The highest BCUT2D eigenvalue weighted by atomic mass is 19.4. The second-order valence-electron chi connectivity index (χ2n) is 7.08. The third kappa shape index (κ3) is 2.28. The average molecular weight is 354 g/mol. The van der Waals surface area contributed by atoms with E-state index >= 15 is 0 Å². The number of hydrogen-bond acceptors (Lipinski definition) is 3. The number of aryl methyl sites for hydroxylation is 2. The molecule has 2 atom stereocenters. The molecule has 6 nitrogen and oxygen atoms in total. The summed E-state index contributed by atoms with van der Waals surface area (Å²) < 4.78 is 41.0. The molecule has 9 heteroatoms. The zero-order valence-corrected chi connectivity index (χ0v) is 13.8. The van der Waals surface area contributed by atoms with Gasteiger partial charge >= 0.3 is 6.18 Å². The number of amides is 1. The Bertz CT molecular complexity index is 945. The van der Waals surface area contributed by atoms with Crippen molar-refractivity contribution in [1.82, 2.24) is 19.5 Å². The molecule has 0 spiro atoms. The van der Waals surface area contributed by atoms with Crippen molar-refractivity contribution in [2.24, 2.45) is 11.3 Å². The summed E-state index contributed by atoms with van der Waals surface area (Å²) in [4.78, 5) is 29.6. The van der Waals surface area contributed by atoms with Gasteiger partial charge in [0, 0.05) is 36.1 Å². The SMILES string of the molecule is Cc1nc2cc(=O)[nH]n2c(C)c1CC(=O)N1CC2CC2(C(F)(F)F)C1. The van der Waals surface area contributed by atoms with E-state index in [0.29, 0.717) is 22.6 Å². The van der Waals surface area contributed by atoms with Crippen LogP contribution >= 0.6 is 0 Å². The van der Waals surface area contributed by atoms with Crippen LogP contribution in [-0.4, -0.2) is 44.7 Å². The second-order valence-corrected chi connectivity index (χ2v) is 7.08. The molecule has 2 aromatic rings. The molecule has 2 fully saturated rings. The predicted octanol–water partition coefficient (Wildman–Crippen LogP) is 1.59. The number of piperidine rings is 1. The lowest BCUT2D eigenvalue weighted by Crippen LogP contribution is -2.37. The Morgan fingerprint density at radius 3 is 2.80 bits per heavy atom. The highest BCUT2D eigenvalue weighted by Crippen LogP contribution is 2.66. The quantitative estimate of drug-likeness (QED) is 0.890. The van der Waals surface area contributed by atoms with Gasteiger partial charge in [0.1, 0.15) is 0 Å². The number of H-pyrrole nitrogens is 1. The van der Waals surface area contributed by atoms with Crippen molar-refractivity contribution in [2.45, 2.75) is 32.9 Å². The molecule has 2 aliphatic rings. The molecule has 1 saturated heterocycles. The molecular formula is C16H17F3N4O2. The molecule has 1 N–H and O–H groups in total. The summed E-state index contributed by atoms with van der Waals surface area (Å²) in [6.45, 7) is 3.38. The first-order chi connectivity index (χ1) is 11.6. The summed E-state index contributed by atoms with van der Waals surface area (Å²) in [5, 5.41) is 2.60. The van der Waals surface area contributed by atoms with Crippen LogP contribution in [-0.2, 0) is 11.2 Å². The number of likely N-dealkylation sites (tertiary alicyclic amines) is 1. The van der Waals surface area contributed by atoms with Crippen LogP contribution in [0.1, 0.15) is 23.4 Å². The largest absolute Gasteiger partial charge is 0.396 e. The minimum atomic E-state index is -4.26. The first-order valence-electron chi connectivity index (χ1n) is 8.05. The highest BCUT2D eigenvalue weighted by Gasteiger charge is 2.74. The van der Waals surface area contributed by atoms with Crippen LogP contribution in [0.15, 0.2) is 10.9 Å². The highest BCUT2D eigenvalue weighted by molar-refractivity contribution is 5.80. The topological polar surface area (TPSA) is 70.5 Å². The second kappa shape index (κ2) is 4.86. The molecule has 1 saturated carbocycles. The number of aromatic amines is 1. The Hall–Kier alpha value is -2.32.